The van der Waals surface area contributed by atoms with Crippen molar-refractivity contribution in [3.05, 3.63) is 21.1 Å². The fraction of sp³-hybridized carbons (Fsp3) is 0.273. The van der Waals surface area contributed by atoms with E-state index in [9.17, 15) is 17.8 Å². The molecule has 1 N–H and O–H groups in total. The highest BCUT2D eigenvalue weighted by molar-refractivity contribution is 9.11. The summed E-state index contributed by atoms with van der Waals surface area (Å²) in [6.07, 6.45) is 0.849. The van der Waals surface area contributed by atoms with Gasteiger partial charge in [0, 0.05) is 10.2 Å². The van der Waals surface area contributed by atoms with E-state index in [0.717, 1.165) is 10.7 Å². The summed E-state index contributed by atoms with van der Waals surface area (Å²) in [5.74, 6) is -0.244. The Labute approximate surface area is 132 Å². The van der Waals surface area contributed by atoms with E-state index in [-0.39, 0.29) is 31.9 Å². The molecule has 1 aromatic carbocycles. The summed E-state index contributed by atoms with van der Waals surface area (Å²) >= 11 is 6.17. The number of hydrogen-bond acceptors (Lipinski definition) is 4. The lowest BCUT2D eigenvalue weighted by molar-refractivity contribution is -0.116. The molecule has 0 aliphatic carbocycles. The van der Waals surface area contributed by atoms with Gasteiger partial charge in [-0.05, 0) is 50.4 Å². The van der Waals surface area contributed by atoms with Crippen molar-refractivity contribution in [3.63, 3.8) is 0 Å². The van der Waals surface area contributed by atoms with E-state index in [2.05, 4.69) is 37.0 Å². The third kappa shape index (κ3) is 2.80. The van der Waals surface area contributed by atoms with Crippen molar-refractivity contribution >= 4 is 59.3 Å². The number of benzene rings is 1. The topological polar surface area (TPSA) is 87.0 Å². The number of halogens is 2. The maximum Gasteiger partial charge on any atom is 0.296 e. The Morgan fingerprint density at radius 2 is 2.05 bits per heavy atom. The van der Waals surface area contributed by atoms with Gasteiger partial charge in [0.05, 0.1) is 16.6 Å². The SMILES string of the molecule is CCC1=NN(c2ccc(Br)c(S(=O)(=O)O)c2Br)C(=O)C1. The molecule has 0 fully saturated rings. The summed E-state index contributed by atoms with van der Waals surface area (Å²) in [7, 11) is -4.43. The van der Waals surface area contributed by atoms with Gasteiger partial charge in [-0.2, -0.15) is 18.5 Å². The van der Waals surface area contributed by atoms with E-state index >= 15 is 0 Å². The summed E-state index contributed by atoms with van der Waals surface area (Å²) in [6.45, 7) is 1.88. The molecule has 108 valence electrons. The summed E-state index contributed by atoms with van der Waals surface area (Å²) in [5.41, 5.74) is 0.993. The van der Waals surface area contributed by atoms with E-state index in [1.54, 1.807) is 6.07 Å². The second-order valence-corrected chi connectivity index (χ2v) is 7.09. The molecular weight excluding hydrogens is 416 g/mol. The molecule has 0 bridgehead atoms. The molecule has 0 atom stereocenters. The van der Waals surface area contributed by atoms with Crippen molar-refractivity contribution in [2.24, 2.45) is 5.10 Å². The third-order valence-corrected chi connectivity index (χ3v) is 5.68. The number of carbonyl (C=O) groups is 1. The van der Waals surface area contributed by atoms with Crippen LogP contribution in [0.3, 0.4) is 0 Å². The third-order valence-electron chi connectivity index (χ3n) is 2.76. The standard InChI is InChI=1S/C11H10Br2N2O4S/c1-2-6-5-9(16)15(14-6)8-4-3-7(12)11(10(8)13)20(17,18)19/h3-4H,2,5H2,1H3,(H,17,18,19). The van der Waals surface area contributed by atoms with Gasteiger partial charge in [-0.25, -0.2) is 0 Å². The molecular formula is C11H10Br2N2O4S. The van der Waals surface area contributed by atoms with Crippen LogP contribution in [0.25, 0.3) is 0 Å². The molecule has 0 unspecified atom stereocenters. The van der Waals surface area contributed by atoms with Crippen molar-refractivity contribution < 1.29 is 17.8 Å². The molecule has 1 aliphatic rings. The summed E-state index contributed by atoms with van der Waals surface area (Å²) in [4.78, 5) is 11.6. The quantitative estimate of drug-likeness (QED) is 0.754. The number of nitrogens with zero attached hydrogens (tertiary/aromatic N) is 2. The highest BCUT2D eigenvalue weighted by Gasteiger charge is 2.29. The Hall–Kier alpha value is -0.770. The first-order chi connectivity index (χ1) is 9.25. The molecule has 0 saturated carbocycles. The average molecular weight is 426 g/mol. The zero-order valence-electron chi connectivity index (χ0n) is 10.3. The van der Waals surface area contributed by atoms with Gasteiger partial charge in [0.25, 0.3) is 16.0 Å². The van der Waals surface area contributed by atoms with Crippen LogP contribution in [0.2, 0.25) is 0 Å². The largest absolute Gasteiger partial charge is 0.296 e. The molecule has 6 nitrogen and oxygen atoms in total. The molecule has 2 rings (SSSR count). The van der Waals surface area contributed by atoms with Gasteiger partial charge in [-0.1, -0.05) is 6.92 Å². The molecule has 9 heteroatoms. The minimum Gasteiger partial charge on any atom is -0.282 e. The van der Waals surface area contributed by atoms with Gasteiger partial charge < -0.3 is 0 Å². The summed E-state index contributed by atoms with van der Waals surface area (Å²) in [6, 6.07) is 2.98. The number of hydrazone groups is 1. The van der Waals surface area contributed by atoms with E-state index in [1.165, 1.54) is 6.07 Å². The first-order valence-corrected chi connectivity index (χ1v) is 8.63. The van der Waals surface area contributed by atoms with Crippen molar-refractivity contribution in [2.75, 3.05) is 5.01 Å². The minimum atomic E-state index is -4.43. The molecule has 0 radical (unpaired) electrons. The Bertz CT molecular complexity index is 715. The van der Waals surface area contributed by atoms with E-state index < -0.39 is 10.1 Å². The molecule has 1 amide bonds. The number of anilines is 1. The molecule has 1 aliphatic heterocycles. The predicted octanol–water partition coefficient (Wildman–Crippen LogP) is 2.96. The first-order valence-electron chi connectivity index (χ1n) is 5.60. The van der Waals surface area contributed by atoms with Gasteiger partial charge >= 0.3 is 0 Å². The maximum absolute atomic E-state index is 11.9. The molecule has 20 heavy (non-hydrogen) atoms. The number of carbonyl (C=O) groups excluding carboxylic acids is 1. The van der Waals surface area contributed by atoms with Crippen molar-refractivity contribution in [3.8, 4) is 0 Å². The second kappa shape index (κ2) is 5.55. The van der Waals surface area contributed by atoms with Crippen LogP contribution in [0.1, 0.15) is 19.8 Å². The Kier molecular flexibility index (Phi) is 4.33. The Balaban J connectivity index is 2.61. The monoisotopic (exact) mass is 424 g/mol. The van der Waals surface area contributed by atoms with Crippen LogP contribution >= 0.6 is 31.9 Å². The molecule has 1 heterocycles. The number of amides is 1. The second-order valence-electron chi connectivity index (χ2n) is 4.09. The van der Waals surface area contributed by atoms with E-state index in [1.807, 2.05) is 6.92 Å². The van der Waals surface area contributed by atoms with Crippen LogP contribution in [0.5, 0.6) is 0 Å². The van der Waals surface area contributed by atoms with Gasteiger partial charge in [0.15, 0.2) is 0 Å². The minimum absolute atomic E-state index is 0.0869. The van der Waals surface area contributed by atoms with Gasteiger partial charge in [0.1, 0.15) is 4.90 Å². The van der Waals surface area contributed by atoms with Gasteiger partial charge in [0.2, 0.25) is 0 Å². The highest BCUT2D eigenvalue weighted by Crippen LogP contribution is 2.38. The van der Waals surface area contributed by atoms with Gasteiger partial charge in [-0.3, -0.25) is 9.35 Å². The van der Waals surface area contributed by atoms with Crippen LogP contribution in [-0.4, -0.2) is 24.6 Å². The molecule has 0 aromatic heterocycles. The van der Waals surface area contributed by atoms with Crippen molar-refractivity contribution in [1.82, 2.24) is 0 Å². The zero-order chi connectivity index (χ0) is 15.1. The lowest BCUT2D eigenvalue weighted by Crippen LogP contribution is -2.20. The predicted molar refractivity (Wildman–Crippen MR) is 81.5 cm³/mol. The summed E-state index contributed by atoms with van der Waals surface area (Å²) in [5, 5.41) is 5.29. The highest BCUT2D eigenvalue weighted by atomic mass is 79.9. The van der Waals surface area contributed by atoms with Crippen LogP contribution in [0, 0.1) is 0 Å². The van der Waals surface area contributed by atoms with Crippen LogP contribution in [0.4, 0.5) is 5.69 Å². The fourth-order valence-electron chi connectivity index (χ4n) is 1.79. The van der Waals surface area contributed by atoms with Crippen molar-refractivity contribution in [1.29, 1.82) is 0 Å². The first kappa shape index (κ1) is 15.6. The Morgan fingerprint density at radius 1 is 1.40 bits per heavy atom. The number of hydrogen-bond donors (Lipinski definition) is 1. The normalized spacial score (nSPS) is 15.7. The van der Waals surface area contributed by atoms with Crippen LogP contribution in [-0.2, 0) is 14.9 Å². The number of rotatable bonds is 3. The lowest BCUT2D eigenvalue weighted by Gasteiger charge is -2.16. The fourth-order valence-corrected chi connectivity index (χ4v) is 4.77. The van der Waals surface area contributed by atoms with Crippen LogP contribution in [0.15, 0.2) is 31.1 Å². The molecule has 0 spiro atoms. The van der Waals surface area contributed by atoms with Crippen molar-refractivity contribution in [2.45, 2.75) is 24.7 Å². The lowest BCUT2D eigenvalue weighted by atomic mass is 10.2. The van der Waals surface area contributed by atoms with E-state index in [0.29, 0.717) is 6.42 Å². The average Bonchev–Trinajstić information content (AvgIpc) is 2.69. The smallest absolute Gasteiger partial charge is 0.282 e. The summed E-state index contributed by atoms with van der Waals surface area (Å²) < 4.78 is 32.3. The van der Waals surface area contributed by atoms with Gasteiger partial charge in [-0.15, -0.1) is 0 Å². The zero-order valence-corrected chi connectivity index (χ0v) is 14.3. The maximum atomic E-state index is 11.9. The Morgan fingerprint density at radius 3 is 2.55 bits per heavy atom. The molecule has 0 saturated heterocycles. The van der Waals surface area contributed by atoms with E-state index in [4.69, 9.17) is 0 Å². The molecule has 1 aromatic rings. The van der Waals surface area contributed by atoms with Crippen LogP contribution < -0.4 is 5.01 Å².